The van der Waals surface area contributed by atoms with Gasteiger partial charge in [0.25, 0.3) is 5.91 Å². The summed E-state index contributed by atoms with van der Waals surface area (Å²) in [5, 5.41) is 21.2. The Labute approximate surface area is 316 Å². The quantitative estimate of drug-likeness (QED) is 0.312. The van der Waals surface area contributed by atoms with E-state index >= 15 is 0 Å². The number of anilines is 1. The molecule has 0 unspecified atom stereocenters. The first-order valence-electron chi connectivity index (χ1n) is 19.3. The topological polar surface area (TPSA) is 149 Å². The van der Waals surface area contributed by atoms with Crippen LogP contribution >= 0.6 is 0 Å². The number of para-hydroxylation sites is 1. The van der Waals surface area contributed by atoms with Crippen LogP contribution < -0.4 is 10.2 Å². The number of phenols is 1. The molecule has 0 bridgehead atoms. The number of nitrogens with zero attached hydrogens (tertiary/aromatic N) is 6. The fourth-order valence-corrected chi connectivity index (χ4v) is 8.70. The van der Waals surface area contributed by atoms with Crippen LogP contribution in [0.25, 0.3) is 11.3 Å². The lowest BCUT2D eigenvalue weighted by molar-refractivity contribution is -0.159. The van der Waals surface area contributed by atoms with Gasteiger partial charge in [0, 0.05) is 71.2 Å². The van der Waals surface area contributed by atoms with Gasteiger partial charge in [-0.05, 0) is 80.4 Å². The molecule has 0 spiro atoms. The van der Waals surface area contributed by atoms with Gasteiger partial charge in [-0.3, -0.25) is 29.4 Å². The average Bonchev–Trinajstić information content (AvgIpc) is 3.21. The van der Waals surface area contributed by atoms with E-state index in [1.54, 1.807) is 25.4 Å². The molecule has 54 heavy (non-hydrogen) atoms. The Morgan fingerprint density at radius 3 is 2.28 bits per heavy atom. The molecule has 286 valence electrons. The number of benzene rings is 2. The van der Waals surface area contributed by atoms with Crippen LogP contribution in [0.2, 0.25) is 0 Å². The highest BCUT2D eigenvalue weighted by Crippen LogP contribution is 2.35. The maximum absolute atomic E-state index is 14.0. The fourth-order valence-electron chi connectivity index (χ4n) is 8.70. The lowest BCUT2D eigenvalue weighted by atomic mass is 9.86. The number of phenolic OH excluding ortho intramolecular Hbond substituents is 1. The van der Waals surface area contributed by atoms with Crippen LogP contribution in [0, 0.1) is 0 Å². The highest BCUT2D eigenvalue weighted by Gasteiger charge is 2.45. The number of ether oxygens (including phenoxy) is 1. The van der Waals surface area contributed by atoms with Crippen molar-refractivity contribution in [2.24, 2.45) is 0 Å². The minimum atomic E-state index is -0.916. The number of hydrogen-bond acceptors (Lipinski definition) is 10. The van der Waals surface area contributed by atoms with Crippen molar-refractivity contribution in [3.8, 4) is 17.0 Å². The maximum atomic E-state index is 14.0. The van der Waals surface area contributed by atoms with Gasteiger partial charge in [0.2, 0.25) is 17.7 Å². The summed E-state index contributed by atoms with van der Waals surface area (Å²) in [6, 6.07) is 17.3. The Balaban J connectivity index is 0.854. The third kappa shape index (κ3) is 7.97. The molecule has 0 radical (unpaired) electrons. The molecule has 2 N–H and O–H groups in total. The van der Waals surface area contributed by atoms with E-state index < -0.39 is 5.60 Å². The fraction of sp³-hybridized carbons (Fsp3) is 0.512. The summed E-state index contributed by atoms with van der Waals surface area (Å²) in [5.41, 5.74) is 3.38. The van der Waals surface area contributed by atoms with Gasteiger partial charge in [0.05, 0.1) is 30.0 Å². The molecule has 4 aliphatic rings. The second-order valence-corrected chi connectivity index (χ2v) is 15.3. The normalized spacial score (nSPS) is 21.5. The molecule has 0 aliphatic carbocycles. The predicted octanol–water partition coefficient (Wildman–Crippen LogP) is 3.68. The number of aromatic hydroxyl groups is 1. The van der Waals surface area contributed by atoms with Crippen molar-refractivity contribution in [3.05, 3.63) is 71.9 Å². The number of hydrogen-bond donors (Lipinski definition) is 2. The van der Waals surface area contributed by atoms with Crippen molar-refractivity contribution >= 4 is 29.3 Å². The standard InChI is InChI=1S/C41H51N7O6/c1-45(40(53)41(54-2)17-23-47(24-18-41)32-25-35(44-42-26-32)34-5-3-4-6-36(34)49)31-15-21-48(22-16-31)38(51)27-46-19-13-29(14-20-46)28-7-9-30(10-8-28)33-11-12-37(50)43-39(33)52/h3-10,25-26,29,31,33,49H,11-24,27H2,1-2H3,(H,43,50,52)/t33-/m0/s1. The highest BCUT2D eigenvalue weighted by molar-refractivity contribution is 6.00. The van der Waals surface area contributed by atoms with Gasteiger partial charge in [0.1, 0.15) is 11.4 Å². The van der Waals surface area contributed by atoms with Gasteiger partial charge in [-0.25, -0.2) is 0 Å². The lowest BCUT2D eigenvalue weighted by Gasteiger charge is -2.45. The average molecular weight is 738 g/mol. The number of carbonyl (C=O) groups excluding carboxylic acids is 4. The third-order valence-corrected chi connectivity index (χ3v) is 12.2. The second kappa shape index (κ2) is 16.2. The highest BCUT2D eigenvalue weighted by atomic mass is 16.5. The molecule has 4 saturated heterocycles. The van der Waals surface area contributed by atoms with Crippen LogP contribution in [0.4, 0.5) is 5.69 Å². The van der Waals surface area contributed by atoms with Crippen LogP contribution in [-0.4, -0.2) is 125 Å². The van der Waals surface area contributed by atoms with E-state index in [9.17, 15) is 24.3 Å². The molecule has 2 aromatic carbocycles. The number of imide groups is 1. The van der Waals surface area contributed by atoms with Gasteiger partial charge < -0.3 is 24.5 Å². The smallest absolute Gasteiger partial charge is 0.254 e. The number of amides is 4. The first-order valence-corrected chi connectivity index (χ1v) is 19.3. The van der Waals surface area contributed by atoms with E-state index in [0.29, 0.717) is 75.6 Å². The van der Waals surface area contributed by atoms with Crippen LogP contribution in [0.1, 0.15) is 74.3 Å². The molecular weight excluding hydrogens is 686 g/mol. The molecular formula is C41H51N7O6. The zero-order chi connectivity index (χ0) is 37.8. The van der Waals surface area contributed by atoms with E-state index in [4.69, 9.17) is 4.74 Å². The molecule has 7 rings (SSSR count). The van der Waals surface area contributed by atoms with E-state index in [1.807, 2.05) is 47.2 Å². The summed E-state index contributed by atoms with van der Waals surface area (Å²) in [6.45, 7) is 4.58. The first kappa shape index (κ1) is 37.4. The van der Waals surface area contributed by atoms with Crippen molar-refractivity contribution in [2.45, 2.75) is 74.8 Å². The molecule has 13 heteroatoms. The second-order valence-electron chi connectivity index (χ2n) is 15.3. The van der Waals surface area contributed by atoms with Gasteiger partial charge in [-0.15, -0.1) is 0 Å². The molecule has 4 aliphatic heterocycles. The predicted molar refractivity (Wildman–Crippen MR) is 203 cm³/mol. The van der Waals surface area contributed by atoms with Crippen molar-refractivity contribution in [2.75, 3.05) is 64.9 Å². The summed E-state index contributed by atoms with van der Waals surface area (Å²) in [6.07, 6.45) is 7.10. The van der Waals surface area contributed by atoms with Crippen LogP contribution in [-0.2, 0) is 23.9 Å². The minimum Gasteiger partial charge on any atom is -0.507 e. The lowest BCUT2D eigenvalue weighted by Crippen LogP contribution is -2.58. The maximum Gasteiger partial charge on any atom is 0.254 e. The van der Waals surface area contributed by atoms with Gasteiger partial charge in [0.15, 0.2) is 0 Å². The van der Waals surface area contributed by atoms with Crippen molar-refractivity contribution < 1.29 is 29.0 Å². The summed E-state index contributed by atoms with van der Waals surface area (Å²) in [7, 11) is 3.49. The number of carbonyl (C=O) groups is 4. The van der Waals surface area contributed by atoms with E-state index in [-0.39, 0.29) is 41.3 Å². The van der Waals surface area contributed by atoms with Crippen molar-refractivity contribution in [3.63, 3.8) is 0 Å². The molecule has 5 heterocycles. The minimum absolute atomic E-state index is 0.00865. The van der Waals surface area contributed by atoms with Crippen LogP contribution in [0.15, 0.2) is 60.8 Å². The Bertz CT molecular complexity index is 1830. The SMILES string of the molecule is COC1(C(=O)N(C)C2CCN(C(=O)CN3CCC(c4ccc([C@@H]5CCC(=O)NC5=O)cc4)CC3)CC2)CCN(c2cnnc(-c3ccccc3O)c2)CC1. The molecule has 1 atom stereocenters. The molecule has 1 aromatic heterocycles. The molecule has 4 fully saturated rings. The van der Waals surface area contributed by atoms with Gasteiger partial charge in [-0.1, -0.05) is 36.4 Å². The van der Waals surface area contributed by atoms with E-state index in [2.05, 4.69) is 37.4 Å². The Kier molecular flexibility index (Phi) is 11.3. The van der Waals surface area contributed by atoms with Gasteiger partial charge in [-0.2, -0.15) is 10.2 Å². The Morgan fingerprint density at radius 2 is 1.61 bits per heavy atom. The largest absolute Gasteiger partial charge is 0.507 e. The summed E-state index contributed by atoms with van der Waals surface area (Å²) < 4.78 is 5.99. The molecule has 3 aromatic rings. The zero-order valence-electron chi connectivity index (χ0n) is 31.3. The number of rotatable bonds is 9. The number of methoxy groups -OCH3 is 1. The van der Waals surface area contributed by atoms with Crippen molar-refractivity contribution in [1.82, 2.24) is 30.2 Å². The summed E-state index contributed by atoms with van der Waals surface area (Å²) >= 11 is 0. The zero-order valence-corrected chi connectivity index (χ0v) is 31.3. The number of aromatic nitrogens is 2. The van der Waals surface area contributed by atoms with E-state index in [1.165, 1.54) is 5.56 Å². The third-order valence-electron chi connectivity index (χ3n) is 12.2. The van der Waals surface area contributed by atoms with Gasteiger partial charge >= 0.3 is 0 Å². The number of likely N-dealkylation sites (tertiary alicyclic amines) is 2. The monoisotopic (exact) mass is 737 g/mol. The number of piperidine rings is 4. The number of nitrogens with one attached hydrogen (secondary N) is 1. The van der Waals surface area contributed by atoms with Crippen LogP contribution in [0.5, 0.6) is 5.75 Å². The Hall–Kier alpha value is -4.88. The van der Waals surface area contributed by atoms with E-state index in [0.717, 1.165) is 50.0 Å². The molecule has 4 amide bonds. The van der Waals surface area contributed by atoms with Crippen LogP contribution in [0.3, 0.4) is 0 Å². The first-order chi connectivity index (χ1) is 26.1. The molecule has 0 saturated carbocycles. The Morgan fingerprint density at radius 1 is 0.926 bits per heavy atom. The summed E-state index contributed by atoms with van der Waals surface area (Å²) in [4.78, 5) is 59.4. The number of likely N-dealkylation sites (N-methyl/N-ethyl adjacent to an activating group) is 1. The summed E-state index contributed by atoms with van der Waals surface area (Å²) in [5.74, 6) is 0.0125. The van der Waals surface area contributed by atoms with Crippen molar-refractivity contribution in [1.29, 1.82) is 0 Å². The molecule has 13 nitrogen and oxygen atoms in total.